The first kappa shape index (κ1) is 26.1. The number of nitrogens with one attached hydrogen (secondary N) is 2. The summed E-state index contributed by atoms with van der Waals surface area (Å²) in [6.45, 7) is 5.73. The number of aliphatic hydroxyl groups excluding tert-OH is 2. The minimum absolute atomic E-state index is 0.0349. The van der Waals surface area contributed by atoms with Crippen LogP contribution in [0.2, 0.25) is 5.02 Å². The van der Waals surface area contributed by atoms with E-state index in [1.54, 1.807) is 22.8 Å². The summed E-state index contributed by atoms with van der Waals surface area (Å²) in [5, 5.41) is 36.1. The fraction of sp³-hybridized carbons (Fsp3) is 0.276. The number of halogens is 1. The number of hydrogen-bond acceptors (Lipinski definition) is 8. The van der Waals surface area contributed by atoms with Crippen LogP contribution in [-0.2, 0) is 13.1 Å². The lowest BCUT2D eigenvalue weighted by atomic mass is 10.0. The van der Waals surface area contributed by atoms with E-state index in [4.69, 9.17) is 31.5 Å². The number of aromatic amines is 1. The molecule has 0 aliphatic carbocycles. The molecule has 0 radical (unpaired) electrons. The molecule has 0 amide bonds. The lowest BCUT2D eigenvalue weighted by Gasteiger charge is -2.18. The summed E-state index contributed by atoms with van der Waals surface area (Å²) in [4.78, 5) is 7.31. The van der Waals surface area contributed by atoms with Gasteiger partial charge in [0.15, 0.2) is 11.9 Å². The first-order valence-electron chi connectivity index (χ1n) is 13.1. The maximum atomic E-state index is 11.3. The largest absolute Gasteiger partial charge is 0.491 e. The highest BCUT2D eigenvalue weighted by Gasteiger charge is 2.28. The molecule has 2 aromatic carbocycles. The molecule has 3 aromatic heterocycles. The third-order valence-corrected chi connectivity index (χ3v) is 7.24. The zero-order valence-corrected chi connectivity index (χ0v) is 22.9. The van der Waals surface area contributed by atoms with E-state index in [0.29, 0.717) is 29.3 Å². The Hall–Kier alpha value is -4.12. The van der Waals surface area contributed by atoms with E-state index in [9.17, 15) is 5.11 Å². The van der Waals surface area contributed by atoms with Crippen LogP contribution in [-0.4, -0.2) is 48.2 Å². The SMILES string of the molecule is CC(C)c1c(C(O)Nc2ccc(OCCO)cc2)nn2c(-c3cn[nH]c3)cc(N3Cc4ccc(Cl)cc4C3)nc12. The molecule has 4 N–H and O–H groups in total. The first-order valence-corrected chi connectivity index (χ1v) is 13.5. The van der Waals surface area contributed by atoms with Gasteiger partial charge in [-0.1, -0.05) is 31.5 Å². The topological polar surface area (TPSA) is 124 Å². The zero-order chi connectivity index (χ0) is 27.8. The Labute approximate surface area is 236 Å². The number of ether oxygens (including phenoxy) is 1. The Morgan fingerprint density at radius 3 is 2.62 bits per heavy atom. The van der Waals surface area contributed by atoms with E-state index >= 15 is 0 Å². The Bertz CT molecular complexity index is 1630. The maximum absolute atomic E-state index is 11.3. The van der Waals surface area contributed by atoms with Crippen LogP contribution in [0.3, 0.4) is 0 Å². The average molecular weight is 560 g/mol. The summed E-state index contributed by atoms with van der Waals surface area (Å²) in [5.41, 5.74) is 6.82. The van der Waals surface area contributed by atoms with Crippen molar-refractivity contribution in [1.82, 2.24) is 24.8 Å². The molecule has 6 rings (SSSR count). The van der Waals surface area contributed by atoms with Crippen molar-refractivity contribution >= 4 is 28.8 Å². The van der Waals surface area contributed by atoms with Gasteiger partial charge >= 0.3 is 0 Å². The van der Waals surface area contributed by atoms with Crippen LogP contribution in [0.4, 0.5) is 11.5 Å². The molecule has 1 atom stereocenters. The fourth-order valence-electron chi connectivity index (χ4n) is 5.11. The summed E-state index contributed by atoms with van der Waals surface area (Å²) in [7, 11) is 0. The van der Waals surface area contributed by atoms with Gasteiger partial charge in [0.25, 0.3) is 0 Å². The molecule has 5 aromatic rings. The second-order valence-corrected chi connectivity index (χ2v) is 10.5. The van der Waals surface area contributed by atoms with E-state index in [2.05, 4.69) is 40.3 Å². The van der Waals surface area contributed by atoms with Crippen molar-refractivity contribution < 1.29 is 14.9 Å². The molecule has 0 bridgehead atoms. The predicted octanol–water partition coefficient (Wildman–Crippen LogP) is 4.89. The molecular weight excluding hydrogens is 530 g/mol. The van der Waals surface area contributed by atoms with Crippen molar-refractivity contribution in [3.8, 4) is 17.0 Å². The Morgan fingerprint density at radius 1 is 1.10 bits per heavy atom. The Morgan fingerprint density at radius 2 is 1.90 bits per heavy atom. The Balaban J connectivity index is 1.40. The van der Waals surface area contributed by atoms with Crippen molar-refractivity contribution in [2.24, 2.45) is 0 Å². The summed E-state index contributed by atoms with van der Waals surface area (Å²) < 4.78 is 7.22. The van der Waals surface area contributed by atoms with Crippen LogP contribution < -0.4 is 15.0 Å². The lowest BCUT2D eigenvalue weighted by molar-refractivity contribution is 0.200. The van der Waals surface area contributed by atoms with Gasteiger partial charge in [-0.3, -0.25) is 5.10 Å². The lowest BCUT2D eigenvalue weighted by Crippen LogP contribution is -2.17. The van der Waals surface area contributed by atoms with Crippen molar-refractivity contribution in [3.63, 3.8) is 0 Å². The zero-order valence-electron chi connectivity index (χ0n) is 22.2. The second kappa shape index (κ2) is 10.8. The maximum Gasteiger partial charge on any atom is 0.170 e. The Kier molecular flexibility index (Phi) is 7.05. The van der Waals surface area contributed by atoms with Crippen LogP contribution in [0, 0.1) is 0 Å². The van der Waals surface area contributed by atoms with E-state index in [-0.39, 0.29) is 19.1 Å². The molecule has 0 fully saturated rings. The van der Waals surface area contributed by atoms with Crippen LogP contribution in [0.1, 0.15) is 48.4 Å². The number of rotatable bonds is 9. The molecule has 1 unspecified atom stereocenters. The predicted molar refractivity (Wildman–Crippen MR) is 154 cm³/mol. The van der Waals surface area contributed by atoms with Gasteiger partial charge in [0, 0.05) is 47.2 Å². The molecule has 1 aliphatic heterocycles. The van der Waals surface area contributed by atoms with Crippen LogP contribution in [0.15, 0.2) is 60.9 Å². The number of hydrogen-bond donors (Lipinski definition) is 4. The van der Waals surface area contributed by atoms with Gasteiger partial charge in [0.05, 0.1) is 18.5 Å². The number of aliphatic hydroxyl groups is 2. The highest BCUT2D eigenvalue weighted by atomic mass is 35.5. The minimum Gasteiger partial charge on any atom is -0.491 e. The van der Waals surface area contributed by atoms with Gasteiger partial charge in [-0.2, -0.15) is 10.2 Å². The first-order chi connectivity index (χ1) is 19.4. The van der Waals surface area contributed by atoms with Gasteiger partial charge in [0.1, 0.15) is 23.9 Å². The van der Waals surface area contributed by atoms with Gasteiger partial charge in [0.2, 0.25) is 0 Å². The number of benzene rings is 2. The van der Waals surface area contributed by atoms with Crippen molar-refractivity contribution in [3.05, 3.63) is 88.3 Å². The monoisotopic (exact) mass is 559 g/mol. The highest BCUT2D eigenvalue weighted by molar-refractivity contribution is 6.30. The third kappa shape index (κ3) is 4.97. The normalized spacial score (nSPS) is 13.7. The second-order valence-electron chi connectivity index (χ2n) is 10.1. The van der Waals surface area contributed by atoms with Crippen molar-refractivity contribution in [1.29, 1.82) is 0 Å². The molecule has 0 spiro atoms. The van der Waals surface area contributed by atoms with E-state index < -0.39 is 6.23 Å². The molecule has 0 saturated heterocycles. The molecule has 40 heavy (non-hydrogen) atoms. The molecule has 206 valence electrons. The molecule has 11 heteroatoms. The van der Waals surface area contributed by atoms with E-state index in [0.717, 1.165) is 34.2 Å². The van der Waals surface area contributed by atoms with E-state index in [1.165, 1.54) is 11.1 Å². The number of H-pyrrole nitrogens is 1. The van der Waals surface area contributed by atoms with E-state index in [1.807, 2.05) is 36.5 Å². The summed E-state index contributed by atoms with van der Waals surface area (Å²) in [5.74, 6) is 1.48. The third-order valence-electron chi connectivity index (χ3n) is 7.00. The smallest absolute Gasteiger partial charge is 0.170 e. The van der Waals surface area contributed by atoms with Crippen molar-refractivity contribution in [2.45, 2.75) is 39.1 Å². The molecule has 1 aliphatic rings. The quantitative estimate of drug-likeness (QED) is 0.188. The average Bonchev–Trinajstić information content (AvgIpc) is 3.70. The molecule has 10 nitrogen and oxygen atoms in total. The van der Waals surface area contributed by atoms with Crippen LogP contribution >= 0.6 is 11.6 Å². The number of fused-ring (bicyclic) bond motifs is 2. The fourth-order valence-corrected chi connectivity index (χ4v) is 5.31. The summed E-state index contributed by atoms with van der Waals surface area (Å²) in [6.07, 6.45) is 2.49. The standard InChI is InChI=1S/C29H30ClN7O3/c1-17(2)26-27(29(39)33-22-5-7-23(8-6-22)40-10-9-38)35-37-24(20-13-31-32-14-20)12-25(34-28(26)37)36-15-18-3-4-21(30)11-19(18)16-36/h3-8,11-14,17,29,33,38-39H,9-10,15-16H2,1-2H3,(H,31,32). The molecule has 4 heterocycles. The van der Waals surface area contributed by atoms with Gasteiger partial charge in [-0.15, -0.1) is 0 Å². The van der Waals surface area contributed by atoms with Crippen molar-refractivity contribution in [2.75, 3.05) is 23.4 Å². The molecule has 0 saturated carbocycles. The van der Waals surface area contributed by atoms with Crippen LogP contribution in [0.5, 0.6) is 5.75 Å². The highest BCUT2D eigenvalue weighted by Crippen LogP contribution is 2.36. The van der Waals surface area contributed by atoms with Gasteiger partial charge < -0.3 is 25.2 Å². The number of anilines is 2. The summed E-state index contributed by atoms with van der Waals surface area (Å²) in [6, 6.07) is 15.2. The van der Waals surface area contributed by atoms with Gasteiger partial charge in [-0.05, 0) is 53.4 Å². The summed E-state index contributed by atoms with van der Waals surface area (Å²) >= 11 is 6.26. The minimum atomic E-state index is -1.08. The molecular formula is C29H30ClN7O3. The van der Waals surface area contributed by atoms with Gasteiger partial charge in [-0.25, -0.2) is 9.50 Å². The van der Waals surface area contributed by atoms with Crippen LogP contribution in [0.25, 0.3) is 16.9 Å². The number of nitrogens with zero attached hydrogens (tertiary/aromatic N) is 5. The number of aromatic nitrogens is 5.